The van der Waals surface area contributed by atoms with Crippen LogP contribution >= 0.6 is 0 Å². The van der Waals surface area contributed by atoms with Gasteiger partial charge >= 0.3 is 0 Å². The molecule has 1 heterocycles. The van der Waals surface area contributed by atoms with Crippen molar-refractivity contribution < 1.29 is 0 Å². The van der Waals surface area contributed by atoms with Gasteiger partial charge < -0.3 is 0 Å². The van der Waals surface area contributed by atoms with Gasteiger partial charge in [0.1, 0.15) is 0 Å². The van der Waals surface area contributed by atoms with Crippen LogP contribution in [0.5, 0.6) is 0 Å². The van der Waals surface area contributed by atoms with Gasteiger partial charge in [-0.3, -0.25) is 0 Å². The van der Waals surface area contributed by atoms with Crippen molar-refractivity contribution in [3.8, 4) is 11.4 Å². The molecule has 0 atom stereocenters. The summed E-state index contributed by atoms with van der Waals surface area (Å²) in [5, 5.41) is 16.9. The van der Waals surface area contributed by atoms with Gasteiger partial charge in [-0.2, -0.15) is 5.21 Å². The Bertz CT molecular complexity index is 469. The number of aromatic nitrogens is 4. The molecule has 7 heteroatoms. The number of H-pyrrole nitrogens is 1. The van der Waals surface area contributed by atoms with Crippen molar-refractivity contribution >= 4 is 5.69 Å². The maximum atomic E-state index is 8.34. The molecule has 1 N–H and O–H groups in total. The van der Waals surface area contributed by atoms with Crippen molar-refractivity contribution in [2.24, 2.45) is 5.11 Å². The lowest BCUT2D eigenvalue weighted by molar-refractivity contribution is 0.881. The zero-order chi connectivity index (χ0) is 9.80. The highest BCUT2D eigenvalue weighted by molar-refractivity contribution is 5.69. The first-order chi connectivity index (χ1) is 6.92. The molecule has 0 aliphatic rings. The summed E-state index contributed by atoms with van der Waals surface area (Å²) >= 11 is 0. The number of nitrogens with zero attached hydrogens (tertiary/aromatic N) is 6. The molecule has 0 aliphatic heterocycles. The summed E-state index contributed by atoms with van der Waals surface area (Å²) in [7, 11) is 0. The summed E-state index contributed by atoms with van der Waals surface area (Å²) in [6.45, 7) is 0. The van der Waals surface area contributed by atoms with E-state index in [2.05, 4.69) is 30.7 Å². The van der Waals surface area contributed by atoms with E-state index in [-0.39, 0.29) is 0 Å². The molecule has 14 heavy (non-hydrogen) atoms. The summed E-state index contributed by atoms with van der Waals surface area (Å²) < 4.78 is 0. The second-order valence-electron chi connectivity index (χ2n) is 2.44. The predicted octanol–water partition coefficient (Wildman–Crippen LogP) is 1.81. The summed E-state index contributed by atoms with van der Waals surface area (Å²) in [5.41, 5.74) is 9.47. The highest BCUT2D eigenvalue weighted by Crippen LogP contribution is 2.26. The molecule has 0 fully saturated rings. The molecule has 1 aromatic carbocycles. The van der Waals surface area contributed by atoms with E-state index in [0.29, 0.717) is 17.1 Å². The highest BCUT2D eigenvalue weighted by atomic mass is 15.5. The number of hydrogen-bond donors (Lipinski definition) is 1. The minimum atomic E-state index is 0.410. The zero-order valence-corrected chi connectivity index (χ0v) is 6.99. The van der Waals surface area contributed by atoms with Gasteiger partial charge in [0.05, 0.1) is 0 Å². The number of azide groups is 1. The lowest BCUT2D eigenvalue weighted by Crippen LogP contribution is -1.80. The van der Waals surface area contributed by atoms with E-state index in [1.54, 1.807) is 18.2 Å². The van der Waals surface area contributed by atoms with Crippen molar-refractivity contribution in [2.75, 3.05) is 0 Å². The van der Waals surface area contributed by atoms with E-state index >= 15 is 0 Å². The number of rotatable bonds is 2. The third kappa shape index (κ3) is 1.39. The van der Waals surface area contributed by atoms with Gasteiger partial charge in [-0.25, -0.2) is 0 Å². The number of tetrazole rings is 1. The third-order valence-corrected chi connectivity index (χ3v) is 1.64. The van der Waals surface area contributed by atoms with Crippen LogP contribution in [0, 0.1) is 0 Å². The molecular weight excluding hydrogens is 182 g/mol. The molecule has 0 unspecified atom stereocenters. The molecule has 68 valence electrons. The van der Waals surface area contributed by atoms with Crippen LogP contribution in [0.2, 0.25) is 0 Å². The molecule has 0 bridgehead atoms. The monoisotopic (exact) mass is 187 g/mol. The average Bonchev–Trinajstić information content (AvgIpc) is 2.72. The summed E-state index contributed by atoms with van der Waals surface area (Å²) in [4.78, 5) is 2.72. The number of benzene rings is 1. The smallest absolute Gasteiger partial charge is 0.177 e. The first-order valence-corrected chi connectivity index (χ1v) is 3.80. The Hall–Kier alpha value is -2.40. The molecule has 0 radical (unpaired) electrons. The molecule has 2 rings (SSSR count). The Balaban J connectivity index is 2.57. The van der Waals surface area contributed by atoms with E-state index in [1.807, 2.05) is 6.07 Å². The van der Waals surface area contributed by atoms with E-state index in [0.717, 1.165) is 0 Å². The lowest BCUT2D eigenvalue weighted by atomic mass is 10.2. The maximum Gasteiger partial charge on any atom is 0.205 e. The van der Waals surface area contributed by atoms with Crippen molar-refractivity contribution in [2.45, 2.75) is 0 Å². The van der Waals surface area contributed by atoms with E-state index < -0.39 is 0 Å². The fraction of sp³-hybridized carbons (Fsp3) is 0. The maximum absolute atomic E-state index is 8.34. The van der Waals surface area contributed by atoms with Crippen LogP contribution in [0.15, 0.2) is 29.4 Å². The second kappa shape index (κ2) is 3.55. The van der Waals surface area contributed by atoms with Gasteiger partial charge in [-0.15, -0.1) is 10.2 Å². The van der Waals surface area contributed by atoms with Gasteiger partial charge in [0.15, 0.2) is 0 Å². The summed E-state index contributed by atoms with van der Waals surface area (Å²) in [5.74, 6) is 0.410. The van der Waals surface area contributed by atoms with Gasteiger partial charge in [0, 0.05) is 16.2 Å². The van der Waals surface area contributed by atoms with Gasteiger partial charge in [-0.1, -0.05) is 29.4 Å². The zero-order valence-electron chi connectivity index (χ0n) is 6.99. The number of hydrogen-bond acceptors (Lipinski definition) is 4. The van der Waals surface area contributed by atoms with E-state index in [9.17, 15) is 0 Å². The Kier molecular flexibility index (Phi) is 2.08. The molecule has 0 saturated carbocycles. The fourth-order valence-corrected chi connectivity index (χ4v) is 1.07. The molecule has 0 aliphatic carbocycles. The normalized spacial score (nSPS) is 9.43. The Morgan fingerprint density at radius 1 is 1.36 bits per heavy atom. The van der Waals surface area contributed by atoms with Gasteiger partial charge in [-0.05, 0) is 10.7 Å². The van der Waals surface area contributed by atoms with Crippen molar-refractivity contribution in [1.29, 1.82) is 0 Å². The molecule has 2 aromatic rings. The minimum Gasteiger partial charge on any atom is -0.177 e. The average molecular weight is 187 g/mol. The quantitative estimate of drug-likeness (QED) is 0.440. The Morgan fingerprint density at radius 3 is 2.93 bits per heavy atom. The third-order valence-electron chi connectivity index (χ3n) is 1.64. The molecule has 0 saturated heterocycles. The molecule has 1 aromatic heterocycles. The first-order valence-electron chi connectivity index (χ1n) is 3.80. The molecule has 7 nitrogen and oxygen atoms in total. The van der Waals surface area contributed by atoms with Crippen molar-refractivity contribution in [1.82, 2.24) is 20.6 Å². The summed E-state index contributed by atoms with van der Waals surface area (Å²) in [6.07, 6.45) is 0. The van der Waals surface area contributed by atoms with Crippen LogP contribution in [0.1, 0.15) is 0 Å². The van der Waals surface area contributed by atoms with Gasteiger partial charge in [0.2, 0.25) is 5.82 Å². The Morgan fingerprint density at radius 2 is 2.21 bits per heavy atom. The van der Waals surface area contributed by atoms with Crippen LogP contribution in [0.4, 0.5) is 5.69 Å². The molecular formula is C7H5N7. The van der Waals surface area contributed by atoms with Crippen molar-refractivity contribution in [3.63, 3.8) is 0 Å². The first kappa shape index (κ1) is 8.21. The van der Waals surface area contributed by atoms with Crippen LogP contribution in [-0.4, -0.2) is 20.6 Å². The van der Waals surface area contributed by atoms with Gasteiger partial charge in [0.25, 0.3) is 0 Å². The second-order valence-corrected chi connectivity index (χ2v) is 2.44. The predicted molar refractivity (Wildman–Crippen MR) is 48.4 cm³/mol. The van der Waals surface area contributed by atoms with E-state index in [1.165, 1.54) is 0 Å². The SMILES string of the molecule is [N-]=[N+]=Nc1ccccc1-c1nn[nH]n1. The van der Waals surface area contributed by atoms with Crippen LogP contribution in [-0.2, 0) is 0 Å². The lowest BCUT2D eigenvalue weighted by Gasteiger charge is -1.97. The van der Waals surface area contributed by atoms with Crippen molar-refractivity contribution in [3.05, 3.63) is 34.7 Å². The Labute approximate surface area is 78.4 Å². The molecule has 0 spiro atoms. The van der Waals surface area contributed by atoms with Crippen LogP contribution in [0.25, 0.3) is 21.8 Å². The standard InChI is InChI=1S/C7H5N7/c8-12-9-6-4-2-1-3-5(6)7-10-13-14-11-7/h1-4H,(H,10,11,13,14). The topological polar surface area (TPSA) is 103 Å². The minimum absolute atomic E-state index is 0.410. The summed E-state index contributed by atoms with van der Waals surface area (Å²) in [6, 6.07) is 7.02. The highest BCUT2D eigenvalue weighted by Gasteiger charge is 2.06. The number of aromatic amines is 1. The van der Waals surface area contributed by atoms with Crippen LogP contribution in [0.3, 0.4) is 0 Å². The number of nitrogens with one attached hydrogen (secondary N) is 1. The molecule has 0 amide bonds. The largest absolute Gasteiger partial charge is 0.205 e. The van der Waals surface area contributed by atoms with E-state index in [4.69, 9.17) is 5.53 Å². The van der Waals surface area contributed by atoms with Crippen LogP contribution < -0.4 is 0 Å². The fourth-order valence-electron chi connectivity index (χ4n) is 1.07.